The molecule has 2 N–H and O–H groups in total. The standard InChI is InChI=1S/C23H19F3N2O3/c1-31-18-11-9-16(10-12-18)21(29)28-20-8-3-2-7-19(20)22(30)27-14-15-5-4-6-17(13-15)23(24,25)26/h2-13H,14H2,1H3,(H,27,30)(H,28,29). The Kier molecular flexibility index (Phi) is 6.59. The van der Waals surface area contributed by atoms with E-state index >= 15 is 0 Å². The third-order valence-electron chi connectivity index (χ3n) is 4.48. The van der Waals surface area contributed by atoms with E-state index in [-0.39, 0.29) is 17.8 Å². The highest BCUT2D eigenvalue weighted by Gasteiger charge is 2.30. The van der Waals surface area contributed by atoms with Crippen LogP contribution in [0.15, 0.2) is 72.8 Å². The molecule has 0 aliphatic rings. The molecule has 31 heavy (non-hydrogen) atoms. The minimum Gasteiger partial charge on any atom is -0.497 e. The summed E-state index contributed by atoms with van der Waals surface area (Å²) in [5, 5.41) is 5.27. The van der Waals surface area contributed by atoms with Crippen LogP contribution in [0.2, 0.25) is 0 Å². The number of rotatable bonds is 6. The van der Waals surface area contributed by atoms with E-state index in [4.69, 9.17) is 4.74 Å². The summed E-state index contributed by atoms with van der Waals surface area (Å²) in [7, 11) is 1.52. The molecule has 0 spiro atoms. The van der Waals surface area contributed by atoms with Crippen molar-refractivity contribution >= 4 is 17.5 Å². The van der Waals surface area contributed by atoms with Crippen LogP contribution in [-0.2, 0) is 12.7 Å². The van der Waals surface area contributed by atoms with Gasteiger partial charge in [0.15, 0.2) is 0 Å². The van der Waals surface area contributed by atoms with Crippen LogP contribution in [0.1, 0.15) is 31.8 Å². The van der Waals surface area contributed by atoms with E-state index in [0.717, 1.165) is 12.1 Å². The fourth-order valence-electron chi connectivity index (χ4n) is 2.86. The number of nitrogens with one attached hydrogen (secondary N) is 2. The molecule has 3 aromatic rings. The molecule has 0 unspecified atom stereocenters. The molecule has 0 fully saturated rings. The molecule has 5 nitrogen and oxygen atoms in total. The maximum atomic E-state index is 12.9. The van der Waals surface area contributed by atoms with Crippen LogP contribution in [-0.4, -0.2) is 18.9 Å². The van der Waals surface area contributed by atoms with Crippen molar-refractivity contribution in [1.29, 1.82) is 0 Å². The summed E-state index contributed by atoms with van der Waals surface area (Å²) in [5.41, 5.74) is 0.371. The van der Waals surface area contributed by atoms with E-state index in [9.17, 15) is 22.8 Å². The second kappa shape index (κ2) is 9.34. The lowest BCUT2D eigenvalue weighted by Gasteiger charge is -2.13. The van der Waals surface area contributed by atoms with Crippen molar-refractivity contribution in [1.82, 2.24) is 5.32 Å². The van der Waals surface area contributed by atoms with Crippen LogP contribution in [0, 0.1) is 0 Å². The van der Waals surface area contributed by atoms with E-state index in [2.05, 4.69) is 10.6 Å². The van der Waals surface area contributed by atoms with Gasteiger partial charge in [0.2, 0.25) is 0 Å². The molecular formula is C23H19F3N2O3. The molecule has 0 heterocycles. The first-order valence-electron chi connectivity index (χ1n) is 9.26. The van der Waals surface area contributed by atoms with Crippen molar-refractivity contribution in [2.24, 2.45) is 0 Å². The zero-order valence-electron chi connectivity index (χ0n) is 16.5. The molecule has 8 heteroatoms. The third kappa shape index (κ3) is 5.63. The number of benzene rings is 3. The highest BCUT2D eigenvalue weighted by molar-refractivity contribution is 6.09. The first-order chi connectivity index (χ1) is 14.8. The Morgan fingerprint density at radius 2 is 1.61 bits per heavy atom. The van der Waals surface area contributed by atoms with E-state index in [1.165, 1.54) is 25.3 Å². The number of hydrogen-bond donors (Lipinski definition) is 2. The van der Waals surface area contributed by atoms with Crippen molar-refractivity contribution in [2.45, 2.75) is 12.7 Å². The molecule has 0 saturated heterocycles. The summed E-state index contributed by atoms with van der Waals surface area (Å²) in [6.45, 7) is -0.0937. The summed E-state index contributed by atoms with van der Waals surface area (Å²) in [6.07, 6.45) is -4.46. The van der Waals surface area contributed by atoms with Crippen molar-refractivity contribution in [3.63, 3.8) is 0 Å². The summed E-state index contributed by atoms with van der Waals surface area (Å²) in [6, 6.07) is 17.6. The molecule has 0 radical (unpaired) electrons. The Labute approximate surface area is 176 Å². The molecule has 0 bridgehead atoms. The van der Waals surface area contributed by atoms with Crippen LogP contribution in [0.4, 0.5) is 18.9 Å². The largest absolute Gasteiger partial charge is 0.497 e. The van der Waals surface area contributed by atoms with Gasteiger partial charge in [-0.2, -0.15) is 13.2 Å². The molecule has 3 aromatic carbocycles. The number of para-hydroxylation sites is 1. The summed E-state index contributed by atoms with van der Waals surface area (Å²) < 4.78 is 43.6. The smallest absolute Gasteiger partial charge is 0.416 e. The molecule has 0 atom stereocenters. The maximum absolute atomic E-state index is 12.9. The number of alkyl halides is 3. The van der Waals surface area contributed by atoms with Crippen molar-refractivity contribution in [3.05, 3.63) is 95.1 Å². The van der Waals surface area contributed by atoms with Gasteiger partial charge in [-0.15, -0.1) is 0 Å². The van der Waals surface area contributed by atoms with Crippen LogP contribution in [0.3, 0.4) is 0 Å². The van der Waals surface area contributed by atoms with Gasteiger partial charge in [0.1, 0.15) is 5.75 Å². The highest BCUT2D eigenvalue weighted by atomic mass is 19.4. The summed E-state index contributed by atoms with van der Waals surface area (Å²) >= 11 is 0. The Morgan fingerprint density at radius 1 is 0.903 bits per heavy atom. The van der Waals surface area contributed by atoms with E-state index in [1.807, 2.05) is 0 Å². The Hall–Kier alpha value is -3.81. The first kappa shape index (κ1) is 21.9. The van der Waals surface area contributed by atoms with Gasteiger partial charge >= 0.3 is 6.18 Å². The van der Waals surface area contributed by atoms with Crippen molar-refractivity contribution in [3.8, 4) is 5.75 Å². The fraction of sp³-hybridized carbons (Fsp3) is 0.130. The lowest BCUT2D eigenvalue weighted by Crippen LogP contribution is -2.25. The SMILES string of the molecule is COc1ccc(C(=O)Nc2ccccc2C(=O)NCc2cccc(C(F)(F)F)c2)cc1. The lowest BCUT2D eigenvalue weighted by molar-refractivity contribution is -0.137. The predicted molar refractivity (Wildman–Crippen MR) is 110 cm³/mol. The molecule has 3 rings (SSSR count). The second-order valence-corrected chi connectivity index (χ2v) is 6.61. The van der Waals surface area contributed by atoms with Gasteiger partial charge < -0.3 is 15.4 Å². The lowest BCUT2D eigenvalue weighted by atomic mass is 10.1. The number of hydrogen-bond acceptors (Lipinski definition) is 3. The fourth-order valence-corrected chi connectivity index (χ4v) is 2.86. The predicted octanol–water partition coefficient (Wildman–Crippen LogP) is 4.90. The second-order valence-electron chi connectivity index (χ2n) is 6.61. The van der Waals surface area contributed by atoms with E-state index < -0.39 is 23.6 Å². The minimum atomic E-state index is -4.46. The number of methoxy groups -OCH3 is 1. The maximum Gasteiger partial charge on any atom is 0.416 e. The zero-order chi connectivity index (χ0) is 22.4. The molecule has 0 aliphatic carbocycles. The van der Waals surface area contributed by atoms with Gasteiger partial charge in [0.25, 0.3) is 11.8 Å². The topological polar surface area (TPSA) is 67.4 Å². The quantitative estimate of drug-likeness (QED) is 0.587. The number of anilines is 1. The van der Waals surface area contributed by atoms with Crippen LogP contribution in [0.5, 0.6) is 5.75 Å². The Balaban J connectivity index is 1.70. The summed E-state index contributed by atoms with van der Waals surface area (Å²) in [5.74, 6) is -0.338. The van der Waals surface area contributed by atoms with E-state index in [0.29, 0.717) is 16.9 Å². The van der Waals surface area contributed by atoms with Crippen molar-refractivity contribution < 1.29 is 27.5 Å². The van der Waals surface area contributed by atoms with E-state index in [1.54, 1.807) is 42.5 Å². The molecule has 0 aromatic heterocycles. The van der Waals surface area contributed by atoms with Crippen LogP contribution >= 0.6 is 0 Å². The number of carbonyl (C=O) groups excluding carboxylic acids is 2. The Bertz CT molecular complexity index is 1080. The van der Waals surface area contributed by atoms with Gasteiger partial charge in [0.05, 0.1) is 23.9 Å². The normalized spacial score (nSPS) is 11.0. The summed E-state index contributed by atoms with van der Waals surface area (Å²) in [4.78, 5) is 25.1. The minimum absolute atomic E-state index is 0.0937. The molecule has 0 aliphatic heterocycles. The average Bonchev–Trinajstić information content (AvgIpc) is 2.77. The van der Waals surface area contributed by atoms with Gasteiger partial charge in [-0.05, 0) is 54.1 Å². The van der Waals surface area contributed by atoms with Crippen molar-refractivity contribution in [2.75, 3.05) is 12.4 Å². The monoisotopic (exact) mass is 428 g/mol. The Morgan fingerprint density at radius 3 is 2.29 bits per heavy atom. The number of ether oxygens (including phenoxy) is 1. The number of carbonyl (C=O) groups is 2. The van der Waals surface area contributed by atoms with Crippen LogP contribution < -0.4 is 15.4 Å². The molecular weight excluding hydrogens is 409 g/mol. The van der Waals surface area contributed by atoms with Crippen LogP contribution in [0.25, 0.3) is 0 Å². The number of halogens is 3. The van der Waals surface area contributed by atoms with Gasteiger partial charge in [0, 0.05) is 12.1 Å². The van der Waals surface area contributed by atoms with Gasteiger partial charge in [-0.1, -0.05) is 24.3 Å². The van der Waals surface area contributed by atoms with Gasteiger partial charge in [-0.3, -0.25) is 9.59 Å². The number of amides is 2. The van der Waals surface area contributed by atoms with Gasteiger partial charge in [-0.25, -0.2) is 0 Å². The third-order valence-corrected chi connectivity index (χ3v) is 4.48. The molecule has 160 valence electrons. The zero-order valence-corrected chi connectivity index (χ0v) is 16.5. The first-order valence-corrected chi connectivity index (χ1v) is 9.26. The molecule has 2 amide bonds. The highest BCUT2D eigenvalue weighted by Crippen LogP contribution is 2.29. The average molecular weight is 428 g/mol. The molecule has 0 saturated carbocycles.